The van der Waals surface area contributed by atoms with E-state index in [0.717, 1.165) is 58.5 Å². The number of hydrogen-bond donors (Lipinski definition) is 0. The third-order valence-corrected chi connectivity index (χ3v) is 6.95. The van der Waals surface area contributed by atoms with E-state index in [1.54, 1.807) is 0 Å². The van der Waals surface area contributed by atoms with E-state index < -0.39 is 0 Å². The molecule has 1 aromatic rings. The van der Waals surface area contributed by atoms with Gasteiger partial charge in [0, 0.05) is 45.3 Å². The Morgan fingerprint density at radius 3 is 2.35 bits per heavy atom. The van der Waals surface area contributed by atoms with Crippen LogP contribution in [0.5, 0.6) is 0 Å². The van der Waals surface area contributed by atoms with Gasteiger partial charge < -0.3 is 9.80 Å². The van der Waals surface area contributed by atoms with Gasteiger partial charge in [0.1, 0.15) is 0 Å². The lowest BCUT2D eigenvalue weighted by atomic mass is 9.68. The number of nitrogens with zero attached hydrogens (tertiary/aromatic N) is 3. The zero-order valence-electron chi connectivity index (χ0n) is 16.2. The zero-order chi connectivity index (χ0) is 18.0. The summed E-state index contributed by atoms with van der Waals surface area (Å²) in [6.07, 6.45) is 6.80. The molecule has 0 bridgehead atoms. The second-order valence-electron chi connectivity index (χ2n) is 8.54. The quantitative estimate of drug-likeness (QED) is 0.834. The van der Waals surface area contributed by atoms with Crippen LogP contribution in [0.2, 0.25) is 0 Å². The van der Waals surface area contributed by atoms with Gasteiger partial charge in [0.05, 0.1) is 5.41 Å². The van der Waals surface area contributed by atoms with Crippen molar-refractivity contribution in [2.24, 2.45) is 0 Å². The first kappa shape index (κ1) is 18.0. The van der Waals surface area contributed by atoms with Gasteiger partial charge in [-0.1, -0.05) is 49.6 Å². The van der Waals surface area contributed by atoms with Crippen LogP contribution in [0.4, 0.5) is 0 Å². The Kier molecular flexibility index (Phi) is 5.32. The minimum absolute atomic E-state index is 0.267. The van der Waals surface area contributed by atoms with Gasteiger partial charge in [-0.15, -0.1) is 0 Å². The van der Waals surface area contributed by atoms with Crippen LogP contribution in [0.25, 0.3) is 0 Å². The van der Waals surface area contributed by atoms with Gasteiger partial charge in [0.2, 0.25) is 5.91 Å². The van der Waals surface area contributed by atoms with E-state index in [-0.39, 0.29) is 5.41 Å². The molecule has 1 amide bonds. The third-order valence-electron chi connectivity index (χ3n) is 6.95. The van der Waals surface area contributed by atoms with Crippen molar-refractivity contribution in [3.05, 3.63) is 35.9 Å². The van der Waals surface area contributed by atoms with E-state index >= 15 is 0 Å². The molecule has 1 aromatic carbocycles. The van der Waals surface area contributed by atoms with Gasteiger partial charge in [-0.3, -0.25) is 9.69 Å². The van der Waals surface area contributed by atoms with Crippen LogP contribution in [0, 0.1) is 0 Å². The number of likely N-dealkylation sites (tertiary alicyclic amines) is 1. The van der Waals surface area contributed by atoms with Gasteiger partial charge in [0.15, 0.2) is 0 Å². The lowest BCUT2D eigenvalue weighted by Gasteiger charge is -2.40. The molecule has 3 fully saturated rings. The molecule has 0 N–H and O–H groups in total. The van der Waals surface area contributed by atoms with Gasteiger partial charge in [-0.2, -0.15) is 0 Å². The molecule has 1 saturated carbocycles. The maximum absolute atomic E-state index is 13.7. The molecule has 4 heteroatoms. The molecule has 0 spiro atoms. The highest BCUT2D eigenvalue weighted by molar-refractivity contribution is 5.88. The van der Waals surface area contributed by atoms with E-state index in [4.69, 9.17) is 0 Å². The predicted molar refractivity (Wildman–Crippen MR) is 105 cm³/mol. The van der Waals surface area contributed by atoms with E-state index in [2.05, 4.69) is 52.1 Å². The fraction of sp³-hybridized carbons (Fsp3) is 0.682. The van der Waals surface area contributed by atoms with E-state index in [1.165, 1.54) is 24.8 Å². The SMILES string of the molecule is CN1CCN([C@H]2CCN(C(=O)C3(c4ccccc4)CCCCC3)C2)CC1. The first-order valence-corrected chi connectivity index (χ1v) is 10.5. The standard InChI is InChI=1S/C22H33N3O/c1-23-14-16-24(17-15-23)20-10-13-25(18-20)21(26)22(11-6-3-7-12-22)19-8-4-2-5-9-19/h2,4-5,8-9,20H,3,6-7,10-18H2,1H3/t20-/m0/s1. The predicted octanol–water partition coefficient (Wildman–Crippen LogP) is 2.74. The highest BCUT2D eigenvalue weighted by atomic mass is 16.2. The molecule has 0 aromatic heterocycles. The molecule has 142 valence electrons. The Morgan fingerprint density at radius 2 is 1.65 bits per heavy atom. The smallest absolute Gasteiger partial charge is 0.233 e. The molecular formula is C22H33N3O. The summed E-state index contributed by atoms with van der Waals surface area (Å²) in [6.45, 7) is 6.46. The average Bonchev–Trinajstić information content (AvgIpc) is 3.19. The van der Waals surface area contributed by atoms with Gasteiger partial charge >= 0.3 is 0 Å². The Bertz CT molecular complexity index is 603. The number of carbonyl (C=O) groups is 1. The Morgan fingerprint density at radius 1 is 0.962 bits per heavy atom. The molecule has 4 nitrogen and oxygen atoms in total. The average molecular weight is 356 g/mol. The second-order valence-corrected chi connectivity index (χ2v) is 8.54. The number of likely N-dealkylation sites (N-methyl/N-ethyl adjacent to an activating group) is 1. The minimum atomic E-state index is -0.267. The van der Waals surface area contributed by atoms with Gasteiger partial charge in [-0.25, -0.2) is 0 Å². The maximum atomic E-state index is 13.7. The number of rotatable bonds is 3. The molecule has 1 atom stereocenters. The van der Waals surface area contributed by atoms with Crippen molar-refractivity contribution in [3.63, 3.8) is 0 Å². The summed E-state index contributed by atoms with van der Waals surface area (Å²) in [6, 6.07) is 11.2. The monoisotopic (exact) mass is 355 g/mol. The fourth-order valence-corrected chi connectivity index (χ4v) is 5.25. The maximum Gasteiger partial charge on any atom is 0.233 e. The van der Waals surface area contributed by atoms with Crippen molar-refractivity contribution in [3.8, 4) is 0 Å². The topological polar surface area (TPSA) is 26.8 Å². The molecule has 0 unspecified atom stereocenters. The first-order valence-electron chi connectivity index (χ1n) is 10.5. The van der Waals surface area contributed by atoms with Crippen LogP contribution in [-0.4, -0.2) is 73.0 Å². The number of amides is 1. The van der Waals surface area contributed by atoms with E-state index in [0.29, 0.717) is 11.9 Å². The summed E-state index contributed by atoms with van der Waals surface area (Å²) in [7, 11) is 2.20. The summed E-state index contributed by atoms with van der Waals surface area (Å²) in [5, 5.41) is 0. The summed E-state index contributed by atoms with van der Waals surface area (Å²) in [5.41, 5.74) is 0.976. The summed E-state index contributed by atoms with van der Waals surface area (Å²) < 4.78 is 0. The third kappa shape index (κ3) is 3.41. The van der Waals surface area contributed by atoms with Crippen molar-refractivity contribution in [2.75, 3.05) is 46.3 Å². The Hall–Kier alpha value is -1.39. The molecule has 4 rings (SSSR count). The number of carbonyl (C=O) groups excluding carboxylic acids is 1. The molecule has 0 radical (unpaired) electrons. The number of hydrogen-bond acceptors (Lipinski definition) is 3. The van der Waals surface area contributed by atoms with Gasteiger partial charge in [-0.05, 0) is 31.9 Å². The Labute approximate surface area is 158 Å². The summed E-state index contributed by atoms with van der Waals surface area (Å²) in [5.74, 6) is 0.403. The molecule has 3 aliphatic rings. The van der Waals surface area contributed by atoms with Crippen LogP contribution < -0.4 is 0 Å². The van der Waals surface area contributed by atoms with Crippen molar-refractivity contribution in [1.29, 1.82) is 0 Å². The van der Waals surface area contributed by atoms with E-state index in [1.807, 2.05) is 0 Å². The first-order chi connectivity index (χ1) is 12.7. The molecule has 26 heavy (non-hydrogen) atoms. The highest BCUT2D eigenvalue weighted by Crippen LogP contribution is 2.41. The van der Waals surface area contributed by atoms with Crippen LogP contribution in [0.1, 0.15) is 44.1 Å². The fourth-order valence-electron chi connectivity index (χ4n) is 5.25. The van der Waals surface area contributed by atoms with Crippen LogP contribution in [0.15, 0.2) is 30.3 Å². The van der Waals surface area contributed by atoms with Crippen LogP contribution in [-0.2, 0) is 10.2 Å². The summed E-state index contributed by atoms with van der Waals surface area (Å²) in [4.78, 5) is 20.9. The van der Waals surface area contributed by atoms with Crippen molar-refractivity contribution in [2.45, 2.75) is 50.0 Å². The van der Waals surface area contributed by atoms with Crippen molar-refractivity contribution in [1.82, 2.24) is 14.7 Å². The lowest BCUT2D eigenvalue weighted by molar-refractivity contribution is -0.138. The number of benzene rings is 1. The Balaban J connectivity index is 1.48. The molecule has 2 heterocycles. The zero-order valence-corrected chi connectivity index (χ0v) is 16.2. The molecule has 2 saturated heterocycles. The largest absolute Gasteiger partial charge is 0.340 e. The molecule has 1 aliphatic carbocycles. The molecular weight excluding hydrogens is 322 g/mol. The van der Waals surface area contributed by atoms with Crippen molar-refractivity contribution < 1.29 is 4.79 Å². The number of piperazine rings is 1. The molecule has 2 aliphatic heterocycles. The van der Waals surface area contributed by atoms with Crippen LogP contribution in [0.3, 0.4) is 0 Å². The highest BCUT2D eigenvalue weighted by Gasteiger charge is 2.45. The normalized spacial score (nSPS) is 27.6. The van der Waals surface area contributed by atoms with E-state index in [9.17, 15) is 4.79 Å². The van der Waals surface area contributed by atoms with Crippen LogP contribution >= 0.6 is 0 Å². The lowest BCUT2D eigenvalue weighted by Crippen LogP contribution is -2.51. The second kappa shape index (κ2) is 7.69. The van der Waals surface area contributed by atoms with Crippen molar-refractivity contribution >= 4 is 5.91 Å². The summed E-state index contributed by atoms with van der Waals surface area (Å²) >= 11 is 0. The van der Waals surface area contributed by atoms with Gasteiger partial charge in [0.25, 0.3) is 0 Å². The minimum Gasteiger partial charge on any atom is -0.340 e.